The van der Waals surface area contributed by atoms with Crippen LogP contribution in [0.15, 0.2) is 42.0 Å². The van der Waals surface area contributed by atoms with Crippen molar-refractivity contribution in [2.45, 2.75) is 52.5 Å². The second-order valence-electron chi connectivity index (χ2n) is 9.63. The van der Waals surface area contributed by atoms with Gasteiger partial charge in [-0.05, 0) is 111 Å². The van der Waals surface area contributed by atoms with Crippen LogP contribution in [0.3, 0.4) is 0 Å². The number of thiocarbonyl (C=S) groups is 1. The Hall–Kier alpha value is -3.19. The van der Waals surface area contributed by atoms with Crippen molar-refractivity contribution in [3.8, 4) is 5.75 Å². The number of carbonyl (C=O) groups is 2. The van der Waals surface area contributed by atoms with E-state index in [4.69, 9.17) is 17.0 Å². The number of amides is 2. The largest absolute Gasteiger partial charge is 0.494 e. The Balaban J connectivity index is 1.72. The molecule has 34 heavy (non-hydrogen) atoms. The molecular weight excluding hydrogens is 446 g/mol. The van der Waals surface area contributed by atoms with Crippen LogP contribution in [0.1, 0.15) is 56.7 Å². The molecule has 2 aromatic rings. The van der Waals surface area contributed by atoms with Crippen molar-refractivity contribution in [2.75, 3.05) is 23.5 Å². The van der Waals surface area contributed by atoms with E-state index >= 15 is 0 Å². The molecule has 0 aliphatic carbocycles. The lowest BCUT2D eigenvalue weighted by Gasteiger charge is -2.45. The first-order valence-corrected chi connectivity index (χ1v) is 12.0. The number of rotatable bonds is 4. The zero-order valence-corrected chi connectivity index (χ0v) is 21.4. The standard InChI is InChI=1S/C27H31N3O3S/c1-7-33-20-10-8-19(9-11-20)30-25(32)22(24(31)28-26(30)34)14-18-13-21-17(3)15-27(4,5)29(6)23(21)12-16(18)2/h8-14,17H,7,15H2,1-6H3,(H,28,31,34)/b22-14-. The van der Waals surface area contributed by atoms with E-state index in [-0.39, 0.29) is 16.2 Å². The van der Waals surface area contributed by atoms with Gasteiger partial charge < -0.3 is 9.64 Å². The molecule has 2 aromatic carbocycles. The zero-order valence-electron chi connectivity index (χ0n) is 20.6. The first-order valence-electron chi connectivity index (χ1n) is 11.6. The molecule has 2 heterocycles. The molecule has 0 radical (unpaired) electrons. The molecule has 6 nitrogen and oxygen atoms in total. The van der Waals surface area contributed by atoms with Crippen molar-refractivity contribution in [2.24, 2.45) is 0 Å². The zero-order chi connectivity index (χ0) is 24.8. The number of aryl methyl sites for hydroxylation is 1. The fourth-order valence-corrected chi connectivity index (χ4v) is 5.08. The average molecular weight is 478 g/mol. The summed E-state index contributed by atoms with van der Waals surface area (Å²) in [6.07, 6.45) is 2.71. The van der Waals surface area contributed by atoms with Crippen molar-refractivity contribution in [3.63, 3.8) is 0 Å². The highest BCUT2D eigenvalue weighted by atomic mass is 32.1. The van der Waals surface area contributed by atoms with Gasteiger partial charge in [0.2, 0.25) is 0 Å². The SMILES string of the molecule is CCOc1ccc(N2C(=O)/C(=C\c3cc4c(cc3C)N(C)C(C)(C)CC4C)C(=O)NC2=S)cc1. The van der Waals surface area contributed by atoms with E-state index in [1.807, 2.05) is 13.8 Å². The Kier molecular flexibility index (Phi) is 6.25. The van der Waals surface area contributed by atoms with Crippen LogP contribution < -0.4 is 19.9 Å². The normalized spacial score (nSPS) is 20.9. The lowest BCUT2D eigenvalue weighted by atomic mass is 9.79. The van der Waals surface area contributed by atoms with Crippen LogP contribution in [-0.4, -0.2) is 36.1 Å². The van der Waals surface area contributed by atoms with Crippen molar-refractivity contribution in [3.05, 3.63) is 58.7 Å². The first-order chi connectivity index (χ1) is 16.0. The van der Waals surface area contributed by atoms with Crippen molar-refractivity contribution in [1.29, 1.82) is 0 Å². The van der Waals surface area contributed by atoms with Gasteiger partial charge in [-0.15, -0.1) is 0 Å². The number of nitrogens with zero attached hydrogens (tertiary/aromatic N) is 2. The summed E-state index contributed by atoms with van der Waals surface area (Å²) in [5.41, 5.74) is 4.97. The Morgan fingerprint density at radius 2 is 1.88 bits per heavy atom. The fourth-order valence-electron chi connectivity index (χ4n) is 4.80. The molecule has 1 N–H and O–H groups in total. The lowest BCUT2D eigenvalue weighted by molar-refractivity contribution is -0.122. The molecule has 0 saturated carbocycles. The first kappa shape index (κ1) is 24.0. The van der Waals surface area contributed by atoms with Gasteiger partial charge in [-0.2, -0.15) is 0 Å². The maximum absolute atomic E-state index is 13.4. The maximum Gasteiger partial charge on any atom is 0.270 e. The molecule has 4 rings (SSSR count). The quantitative estimate of drug-likeness (QED) is 0.384. The maximum atomic E-state index is 13.4. The van der Waals surface area contributed by atoms with Gasteiger partial charge in [-0.3, -0.25) is 19.8 Å². The predicted octanol–water partition coefficient (Wildman–Crippen LogP) is 4.95. The van der Waals surface area contributed by atoms with E-state index in [0.29, 0.717) is 24.0 Å². The minimum Gasteiger partial charge on any atom is -0.494 e. The smallest absolute Gasteiger partial charge is 0.270 e. The topological polar surface area (TPSA) is 61.9 Å². The summed E-state index contributed by atoms with van der Waals surface area (Å²) in [5, 5.41) is 2.73. The average Bonchev–Trinajstić information content (AvgIpc) is 2.76. The Labute approximate surface area is 206 Å². The molecule has 2 amide bonds. The molecule has 0 aromatic heterocycles. The predicted molar refractivity (Wildman–Crippen MR) is 141 cm³/mol. The van der Waals surface area contributed by atoms with Crippen LogP contribution in [0, 0.1) is 6.92 Å². The van der Waals surface area contributed by atoms with Gasteiger partial charge in [0.15, 0.2) is 5.11 Å². The van der Waals surface area contributed by atoms with Gasteiger partial charge in [0.1, 0.15) is 11.3 Å². The van der Waals surface area contributed by atoms with Gasteiger partial charge in [0.05, 0.1) is 12.3 Å². The number of nitrogens with one attached hydrogen (secondary N) is 1. The number of hydrogen-bond donors (Lipinski definition) is 1. The molecule has 1 atom stereocenters. The minimum absolute atomic E-state index is 0.0580. The highest BCUT2D eigenvalue weighted by Crippen LogP contribution is 2.43. The Morgan fingerprint density at radius 1 is 1.21 bits per heavy atom. The Bertz CT molecular complexity index is 1200. The number of anilines is 2. The summed E-state index contributed by atoms with van der Waals surface area (Å²) in [4.78, 5) is 29.9. The second-order valence-corrected chi connectivity index (χ2v) is 10.0. The molecule has 178 valence electrons. The van der Waals surface area contributed by atoms with Gasteiger partial charge in [-0.25, -0.2) is 0 Å². The monoisotopic (exact) mass is 477 g/mol. The molecule has 2 aliphatic heterocycles. The summed E-state index contributed by atoms with van der Waals surface area (Å²) in [6.45, 7) is 11.2. The van der Waals surface area contributed by atoms with Crippen LogP contribution in [0.4, 0.5) is 11.4 Å². The molecule has 7 heteroatoms. The minimum atomic E-state index is -0.486. The number of carbonyl (C=O) groups excluding carboxylic acids is 2. The van der Waals surface area contributed by atoms with Gasteiger partial charge in [-0.1, -0.05) is 6.92 Å². The van der Waals surface area contributed by atoms with Crippen LogP contribution in [0.25, 0.3) is 6.08 Å². The molecule has 2 aliphatic rings. The third-order valence-corrected chi connectivity index (χ3v) is 7.11. The van der Waals surface area contributed by atoms with E-state index in [0.717, 1.165) is 17.5 Å². The summed E-state index contributed by atoms with van der Waals surface area (Å²) in [5.74, 6) is 0.137. The third-order valence-electron chi connectivity index (χ3n) is 6.83. The summed E-state index contributed by atoms with van der Waals surface area (Å²) < 4.78 is 5.49. The molecule has 1 saturated heterocycles. The van der Waals surface area contributed by atoms with Crippen molar-refractivity contribution >= 4 is 46.6 Å². The van der Waals surface area contributed by atoms with E-state index in [2.05, 4.69) is 50.2 Å². The lowest BCUT2D eigenvalue weighted by Crippen LogP contribution is -2.54. The molecule has 0 bridgehead atoms. The molecule has 1 fully saturated rings. The van der Waals surface area contributed by atoms with Crippen molar-refractivity contribution < 1.29 is 14.3 Å². The fraction of sp³-hybridized carbons (Fsp3) is 0.370. The van der Waals surface area contributed by atoms with Gasteiger partial charge in [0, 0.05) is 18.3 Å². The number of benzene rings is 2. The van der Waals surface area contributed by atoms with Crippen LogP contribution >= 0.6 is 12.2 Å². The molecule has 0 spiro atoms. The summed E-state index contributed by atoms with van der Waals surface area (Å²) >= 11 is 5.33. The van der Waals surface area contributed by atoms with E-state index in [1.54, 1.807) is 30.3 Å². The number of hydrogen-bond acceptors (Lipinski definition) is 5. The second kappa shape index (κ2) is 8.87. The van der Waals surface area contributed by atoms with E-state index < -0.39 is 11.8 Å². The van der Waals surface area contributed by atoms with E-state index in [9.17, 15) is 9.59 Å². The van der Waals surface area contributed by atoms with Crippen molar-refractivity contribution in [1.82, 2.24) is 5.32 Å². The van der Waals surface area contributed by atoms with Crippen LogP contribution in [-0.2, 0) is 9.59 Å². The highest BCUT2D eigenvalue weighted by Gasteiger charge is 2.36. The van der Waals surface area contributed by atoms with Gasteiger partial charge >= 0.3 is 0 Å². The van der Waals surface area contributed by atoms with E-state index in [1.165, 1.54) is 16.2 Å². The molecular formula is C27H31N3O3S. The summed E-state index contributed by atoms with van der Waals surface area (Å²) in [6, 6.07) is 11.3. The number of fused-ring (bicyclic) bond motifs is 1. The van der Waals surface area contributed by atoms with Crippen LogP contribution in [0.5, 0.6) is 5.75 Å². The highest BCUT2D eigenvalue weighted by molar-refractivity contribution is 7.80. The van der Waals surface area contributed by atoms with Crippen LogP contribution in [0.2, 0.25) is 0 Å². The Morgan fingerprint density at radius 3 is 2.53 bits per heavy atom. The number of ether oxygens (including phenoxy) is 1. The third kappa shape index (κ3) is 4.20. The summed E-state index contributed by atoms with van der Waals surface area (Å²) in [7, 11) is 2.12. The molecule has 1 unspecified atom stereocenters. The van der Waals surface area contributed by atoms with Gasteiger partial charge in [0.25, 0.3) is 11.8 Å².